The predicted octanol–water partition coefficient (Wildman–Crippen LogP) is -0.252. The summed E-state index contributed by atoms with van der Waals surface area (Å²) in [5.74, 6) is 0.0807. The van der Waals surface area contributed by atoms with Gasteiger partial charge in [-0.1, -0.05) is 6.92 Å². The molecule has 0 rings (SSSR count). The fourth-order valence-electron chi connectivity index (χ4n) is 0.813. The van der Waals surface area contributed by atoms with Crippen molar-refractivity contribution in [2.45, 2.75) is 25.9 Å². The van der Waals surface area contributed by atoms with Gasteiger partial charge in [0.25, 0.3) is 0 Å². The Hall–Kier alpha value is -0.120. The van der Waals surface area contributed by atoms with Crippen LogP contribution in [-0.2, 0) is 0 Å². The van der Waals surface area contributed by atoms with Crippen LogP contribution in [0.5, 0.6) is 0 Å². The quantitative estimate of drug-likeness (QED) is 0.504. The lowest BCUT2D eigenvalue weighted by Crippen LogP contribution is -2.19. The van der Waals surface area contributed by atoms with Crippen molar-refractivity contribution in [3.05, 3.63) is 0 Å². The molecular weight excluding hydrogens is 132 g/mol. The summed E-state index contributed by atoms with van der Waals surface area (Å²) >= 11 is 0. The van der Waals surface area contributed by atoms with Crippen LogP contribution in [0.25, 0.3) is 0 Å². The zero-order chi connectivity index (χ0) is 7.98. The first-order valence-corrected chi connectivity index (χ1v) is 3.62. The van der Waals surface area contributed by atoms with Crippen molar-refractivity contribution in [3.8, 4) is 0 Å². The maximum absolute atomic E-state index is 9.18. The van der Waals surface area contributed by atoms with Crippen LogP contribution in [0.4, 0.5) is 0 Å². The third-order valence-corrected chi connectivity index (χ3v) is 1.67. The Morgan fingerprint density at radius 3 is 2.00 bits per heavy atom. The lowest BCUT2D eigenvalue weighted by Gasteiger charge is -2.15. The Labute approximate surface area is 61.3 Å². The van der Waals surface area contributed by atoms with E-state index < -0.39 is 6.10 Å². The summed E-state index contributed by atoms with van der Waals surface area (Å²) in [7, 11) is 0. The molecular formula is C7H16O3. The van der Waals surface area contributed by atoms with E-state index in [4.69, 9.17) is 10.2 Å². The first-order chi connectivity index (χ1) is 4.72. The van der Waals surface area contributed by atoms with Gasteiger partial charge in [-0.2, -0.15) is 0 Å². The number of rotatable bonds is 5. The standard InChI is InChI=1S/C7H16O3/c1-6(2-4-8)7(10)3-5-9/h6-10H,2-5H2,1H3/t6-,7-/m0/s1. The molecule has 0 fully saturated rings. The maximum Gasteiger partial charge on any atom is 0.0588 e. The van der Waals surface area contributed by atoms with Gasteiger partial charge in [-0.25, -0.2) is 0 Å². The average Bonchev–Trinajstić information content (AvgIpc) is 1.89. The Kier molecular flexibility index (Phi) is 5.58. The molecule has 0 aromatic carbocycles. The molecule has 0 bridgehead atoms. The van der Waals surface area contributed by atoms with Crippen molar-refractivity contribution in [1.29, 1.82) is 0 Å². The van der Waals surface area contributed by atoms with Crippen LogP contribution in [0.2, 0.25) is 0 Å². The molecule has 0 amide bonds. The summed E-state index contributed by atoms with van der Waals surface area (Å²) in [4.78, 5) is 0. The minimum absolute atomic E-state index is 0.0108. The smallest absolute Gasteiger partial charge is 0.0588 e. The van der Waals surface area contributed by atoms with Crippen LogP contribution < -0.4 is 0 Å². The number of hydrogen-bond acceptors (Lipinski definition) is 3. The maximum atomic E-state index is 9.18. The first kappa shape index (κ1) is 9.88. The van der Waals surface area contributed by atoms with Gasteiger partial charge < -0.3 is 15.3 Å². The highest BCUT2D eigenvalue weighted by molar-refractivity contribution is 4.62. The molecule has 62 valence electrons. The van der Waals surface area contributed by atoms with Gasteiger partial charge in [0.05, 0.1) is 6.10 Å². The summed E-state index contributed by atoms with van der Waals surface area (Å²) in [5, 5.41) is 26.1. The highest BCUT2D eigenvalue weighted by atomic mass is 16.3. The summed E-state index contributed by atoms with van der Waals surface area (Å²) in [6.45, 7) is 1.97. The summed E-state index contributed by atoms with van der Waals surface area (Å²) in [6, 6.07) is 0. The second kappa shape index (κ2) is 5.65. The molecule has 0 saturated heterocycles. The fraction of sp³-hybridized carbons (Fsp3) is 1.00. The van der Waals surface area contributed by atoms with Crippen molar-refractivity contribution in [2.24, 2.45) is 5.92 Å². The largest absolute Gasteiger partial charge is 0.396 e. The first-order valence-electron chi connectivity index (χ1n) is 3.62. The van der Waals surface area contributed by atoms with Crippen LogP contribution in [0.15, 0.2) is 0 Å². The third kappa shape index (κ3) is 3.82. The second-order valence-corrected chi connectivity index (χ2v) is 2.57. The molecule has 0 radical (unpaired) electrons. The van der Waals surface area contributed by atoms with Crippen LogP contribution in [0, 0.1) is 5.92 Å². The van der Waals surface area contributed by atoms with E-state index in [0.717, 1.165) is 0 Å². The topological polar surface area (TPSA) is 60.7 Å². The van der Waals surface area contributed by atoms with Gasteiger partial charge >= 0.3 is 0 Å². The van der Waals surface area contributed by atoms with Gasteiger partial charge in [0, 0.05) is 13.2 Å². The van der Waals surface area contributed by atoms with Crippen LogP contribution in [0.3, 0.4) is 0 Å². The van der Waals surface area contributed by atoms with Gasteiger partial charge in [0.2, 0.25) is 0 Å². The van der Waals surface area contributed by atoms with Crippen LogP contribution in [-0.4, -0.2) is 34.6 Å². The SMILES string of the molecule is C[C@@H](CCO)[C@@H](O)CCO. The Balaban J connectivity index is 3.38. The minimum Gasteiger partial charge on any atom is -0.396 e. The molecule has 0 unspecified atom stereocenters. The molecule has 10 heavy (non-hydrogen) atoms. The van der Waals surface area contributed by atoms with Crippen LogP contribution >= 0.6 is 0 Å². The van der Waals surface area contributed by atoms with Crippen molar-refractivity contribution in [3.63, 3.8) is 0 Å². The zero-order valence-electron chi connectivity index (χ0n) is 6.32. The van der Waals surface area contributed by atoms with Gasteiger partial charge in [-0.3, -0.25) is 0 Å². The summed E-state index contributed by atoms with van der Waals surface area (Å²) in [5.41, 5.74) is 0. The minimum atomic E-state index is -0.475. The lowest BCUT2D eigenvalue weighted by atomic mass is 9.99. The van der Waals surface area contributed by atoms with E-state index in [9.17, 15) is 5.11 Å². The van der Waals surface area contributed by atoms with E-state index in [1.807, 2.05) is 6.92 Å². The number of aliphatic hydroxyl groups excluding tert-OH is 3. The van der Waals surface area contributed by atoms with Gasteiger partial charge in [-0.05, 0) is 18.8 Å². The van der Waals surface area contributed by atoms with Gasteiger partial charge in [0.15, 0.2) is 0 Å². The van der Waals surface area contributed by atoms with E-state index in [2.05, 4.69) is 0 Å². The zero-order valence-corrected chi connectivity index (χ0v) is 6.32. The van der Waals surface area contributed by atoms with E-state index >= 15 is 0 Å². The van der Waals surface area contributed by atoms with Gasteiger partial charge in [-0.15, -0.1) is 0 Å². The molecule has 2 atom stereocenters. The Morgan fingerprint density at radius 1 is 1.10 bits per heavy atom. The number of hydrogen-bond donors (Lipinski definition) is 3. The third-order valence-electron chi connectivity index (χ3n) is 1.67. The molecule has 0 saturated carbocycles. The molecule has 0 aromatic rings. The van der Waals surface area contributed by atoms with E-state index in [1.165, 1.54) is 0 Å². The summed E-state index contributed by atoms with van der Waals surface area (Å²) < 4.78 is 0. The molecule has 0 heterocycles. The molecule has 0 aliphatic carbocycles. The van der Waals surface area contributed by atoms with Crippen molar-refractivity contribution >= 4 is 0 Å². The monoisotopic (exact) mass is 148 g/mol. The molecule has 0 aromatic heterocycles. The predicted molar refractivity (Wildman–Crippen MR) is 38.6 cm³/mol. The Bertz CT molecular complexity index is 65.3. The van der Waals surface area contributed by atoms with Crippen molar-refractivity contribution in [1.82, 2.24) is 0 Å². The molecule has 3 heteroatoms. The summed E-state index contributed by atoms with van der Waals surface area (Å²) in [6.07, 6.45) is 0.527. The molecule has 0 aliphatic heterocycles. The van der Waals surface area contributed by atoms with Crippen LogP contribution in [0.1, 0.15) is 19.8 Å². The Morgan fingerprint density at radius 2 is 1.60 bits per heavy atom. The van der Waals surface area contributed by atoms with E-state index in [0.29, 0.717) is 12.8 Å². The molecule has 0 aliphatic rings. The molecule has 3 N–H and O–H groups in total. The molecule has 3 nitrogen and oxygen atoms in total. The lowest BCUT2D eigenvalue weighted by molar-refractivity contribution is 0.0731. The average molecular weight is 148 g/mol. The highest BCUT2D eigenvalue weighted by Crippen LogP contribution is 2.09. The normalized spacial score (nSPS) is 16.8. The molecule has 0 spiro atoms. The van der Waals surface area contributed by atoms with E-state index in [1.54, 1.807) is 0 Å². The number of aliphatic hydroxyl groups is 3. The van der Waals surface area contributed by atoms with Crippen molar-refractivity contribution < 1.29 is 15.3 Å². The second-order valence-electron chi connectivity index (χ2n) is 2.57. The van der Waals surface area contributed by atoms with E-state index in [-0.39, 0.29) is 19.1 Å². The van der Waals surface area contributed by atoms with Gasteiger partial charge in [0.1, 0.15) is 0 Å². The van der Waals surface area contributed by atoms with Crippen molar-refractivity contribution in [2.75, 3.05) is 13.2 Å². The highest BCUT2D eigenvalue weighted by Gasteiger charge is 2.11. The fourth-order valence-corrected chi connectivity index (χ4v) is 0.813.